The van der Waals surface area contributed by atoms with Crippen LogP contribution in [0.15, 0.2) is 0 Å². The van der Waals surface area contributed by atoms with Crippen molar-refractivity contribution < 1.29 is 4.74 Å². The Hall–Kier alpha value is -0.120. The first kappa shape index (κ1) is 15.9. The van der Waals surface area contributed by atoms with Crippen LogP contribution in [0.2, 0.25) is 0 Å². The lowest BCUT2D eigenvalue weighted by Crippen LogP contribution is -2.35. The predicted octanol–water partition coefficient (Wildman–Crippen LogP) is 2.55. The minimum Gasteiger partial charge on any atom is -0.380 e. The van der Waals surface area contributed by atoms with E-state index in [4.69, 9.17) is 10.5 Å². The maximum absolute atomic E-state index is 5.63. The highest BCUT2D eigenvalue weighted by molar-refractivity contribution is 4.87. The van der Waals surface area contributed by atoms with Crippen molar-refractivity contribution in [2.45, 2.75) is 58.5 Å². The van der Waals surface area contributed by atoms with Crippen molar-refractivity contribution in [2.75, 3.05) is 26.7 Å². The molecule has 0 radical (unpaired) electrons. The highest BCUT2D eigenvalue weighted by atomic mass is 16.5. The third kappa shape index (κ3) is 5.25. The van der Waals surface area contributed by atoms with Crippen molar-refractivity contribution in [2.24, 2.45) is 17.1 Å². The van der Waals surface area contributed by atoms with Crippen LogP contribution in [0.4, 0.5) is 0 Å². The quantitative estimate of drug-likeness (QED) is 0.623. The molecule has 0 heterocycles. The van der Waals surface area contributed by atoms with Gasteiger partial charge in [0.25, 0.3) is 0 Å². The molecule has 0 amide bonds. The molecule has 0 aromatic rings. The molecule has 108 valence electrons. The topological polar surface area (TPSA) is 47.3 Å². The fourth-order valence-corrected chi connectivity index (χ4v) is 3.39. The van der Waals surface area contributed by atoms with E-state index >= 15 is 0 Å². The third-order valence-corrected chi connectivity index (χ3v) is 4.24. The maximum Gasteiger partial charge on any atom is 0.0705 e. The fourth-order valence-electron chi connectivity index (χ4n) is 3.39. The molecule has 1 fully saturated rings. The van der Waals surface area contributed by atoms with Gasteiger partial charge in [0, 0.05) is 20.2 Å². The minimum absolute atomic E-state index is 0.210. The summed E-state index contributed by atoms with van der Waals surface area (Å²) < 4.78 is 5.30. The van der Waals surface area contributed by atoms with Gasteiger partial charge in [-0.1, -0.05) is 26.7 Å². The van der Waals surface area contributed by atoms with Gasteiger partial charge < -0.3 is 15.8 Å². The normalized spacial score (nSPS) is 20.5. The summed E-state index contributed by atoms with van der Waals surface area (Å²) in [4.78, 5) is 0. The first-order chi connectivity index (χ1) is 8.62. The molecule has 0 aromatic heterocycles. The van der Waals surface area contributed by atoms with Gasteiger partial charge in [-0.25, -0.2) is 0 Å². The van der Waals surface area contributed by atoms with Gasteiger partial charge in [-0.05, 0) is 43.6 Å². The molecule has 1 rings (SSSR count). The molecule has 1 aliphatic rings. The van der Waals surface area contributed by atoms with E-state index in [-0.39, 0.29) is 6.10 Å². The first-order valence-corrected chi connectivity index (χ1v) is 7.55. The van der Waals surface area contributed by atoms with Gasteiger partial charge in [0.1, 0.15) is 0 Å². The van der Waals surface area contributed by atoms with Crippen molar-refractivity contribution in [3.05, 3.63) is 0 Å². The fraction of sp³-hybridized carbons (Fsp3) is 1.00. The first-order valence-electron chi connectivity index (χ1n) is 7.55. The van der Waals surface area contributed by atoms with Crippen molar-refractivity contribution in [1.29, 1.82) is 0 Å². The van der Waals surface area contributed by atoms with Gasteiger partial charge in [0.2, 0.25) is 0 Å². The standard InChI is InChI=1S/C15H32N2O/c1-13(2)10-15(7-4-5-8-15)12-17-9-6-14(11-16)18-3/h13-14,17H,4-12,16H2,1-3H3. The Balaban J connectivity index is 2.26. The number of ether oxygens (including phenoxy) is 1. The molecule has 1 unspecified atom stereocenters. The molecule has 3 N–H and O–H groups in total. The smallest absolute Gasteiger partial charge is 0.0705 e. The van der Waals surface area contributed by atoms with E-state index in [1.807, 2.05) is 0 Å². The molecule has 1 atom stereocenters. The van der Waals surface area contributed by atoms with Crippen LogP contribution < -0.4 is 11.1 Å². The van der Waals surface area contributed by atoms with Crippen molar-refractivity contribution in [3.8, 4) is 0 Å². The van der Waals surface area contributed by atoms with E-state index in [1.165, 1.54) is 38.6 Å². The monoisotopic (exact) mass is 256 g/mol. The van der Waals surface area contributed by atoms with Gasteiger partial charge in [-0.15, -0.1) is 0 Å². The molecular formula is C15H32N2O. The van der Waals surface area contributed by atoms with Crippen LogP contribution in [0, 0.1) is 11.3 Å². The van der Waals surface area contributed by atoms with Crippen LogP contribution in [0.25, 0.3) is 0 Å². The molecule has 1 aliphatic carbocycles. The van der Waals surface area contributed by atoms with E-state index in [2.05, 4.69) is 19.2 Å². The van der Waals surface area contributed by atoms with Gasteiger partial charge in [0.15, 0.2) is 0 Å². The Morgan fingerprint density at radius 3 is 2.44 bits per heavy atom. The van der Waals surface area contributed by atoms with E-state index in [9.17, 15) is 0 Å². The van der Waals surface area contributed by atoms with Crippen molar-refractivity contribution >= 4 is 0 Å². The number of nitrogens with one attached hydrogen (secondary N) is 1. The highest BCUT2D eigenvalue weighted by Crippen LogP contribution is 2.42. The van der Waals surface area contributed by atoms with E-state index < -0.39 is 0 Å². The number of nitrogens with two attached hydrogens (primary N) is 1. The summed E-state index contributed by atoms with van der Waals surface area (Å²) >= 11 is 0. The third-order valence-electron chi connectivity index (χ3n) is 4.24. The van der Waals surface area contributed by atoms with Gasteiger partial charge in [0.05, 0.1) is 6.10 Å². The molecule has 0 aromatic carbocycles. The second kappa shape index (κ2) is 8.13. The summed E-state index contributed by atoms with van der Waals surface area (Å²) in [5, 5.41) is 3.64. The molecule has 0 saturated heterocycles. The number of methoxy groups -OCH3 is 1. The predicted molar refractivity (Wildman–Crippen MR) is 77.7 cm³/mol. The molecule has 18 heavy (non-hydrogen) atoms. The summed E-state index contributed by atoms with van der Waals surface area (Å²) in [6, 6.07) is 0. The lowest BCUT2D eigenvalue weighted by molar-refractivity contribution is 0.100. The summed E-state index contributed by atoms with van der Waals surface area (Å²) in [5.41, 5.74) is 6.20. The molecule has 0 bridgehead atoms. The summed E-state index contributed by atoms with van der Waals surface area (Å²) in [5.74, 6) is 0.806. The van der Waals surface area contributed by atoms with Crippen LogP contribution in [-0.2, 0) is 4.74 Å². The number of rotatable bonds is 9. The molecule has 3 heteroatoms. The zero-order valence-electron chi connectivity index (χ0n) is 12.5. The summed E-state index contributed by atoms with van der Waals surface area (Å²) in [7, 11) is 1.74. The SMILES string of the molecule is COC(CN)CCNCC1(CC(C)C)CCCC1. The maximum atomic E-state index is 5.63. The average Bonchev–Trinajstić information content (AvgIpc) is 2.77. The van der Waals surface area contributed by atoms with Crippen molar-refractivity contribution in [1.82, 2.24) is 5.32 Å². The Labute approximate surface area is 113 Å². The molecular weight excluding hydrogens is 224 g/mol. The van der Waals surface area contributed by atoms with E-state index in [0.717, 1.165) is 18.9 Å². The Bertz CT molecular complexity index is 209. The second-order valence-electron chi connectivity index (χ2n) is 6.36. The second-order valence-corrected chi connectivity index (χ2v) is 6.36. The highest BCUT2D eigenvalue weighted by Gasteiger charge is 2.33. The van der Waals surface area contributed by atoms with Crippen LogP contribution in [0.1, 0.15) is 52.4 Å². The lowest BCUT2D eigenvalue weighted by atomic mass is 9.78. The zero-order chi connectivity index (χ0) is 13.4. The Morgan fingerprint density at radius 1 is 1.28 bits per heavy atom. The van der Waals surface area contributed by atoms with Gasteiger partial charge in [-0.3, -0.25) is 0 Å². The zero-order valence-corrected chi connectivity index (χ0v) is 12.5. The van der Waals surface area contributed by atoms with Crippen LogP contribution in [-0.4, -0.2) is 32.8 Å². The number of hydrogen-bond donors (Lipinski definition) is 2. The van der Waals surface area contributed by atoms with E-state index in [1.54, 1.807) is 7.11 Å². The number of hydrogen-bond acceptors (Lipinski definition) is 3. The summed E-state index contributed by atoms with van der Waals surface area (Å²) in [6.45, 7) is 7.50. The molecule has 1 saturated carbocycles. The summed E-state index contributed by atoms with van der Waals surface area (Å²) in [6.07, 6.45) is 8.23. The van der Waals surface area contributed by atoms with Crippen LogP contribution in [0.3, 0.4) is 0 Å². The van der Waals surface area contributed by atoms with E-state index in [0.29, 0.717) is 12.0 Å². The Morgan fingerprint density at radius 2 is 1.94 bits per heavy atom. The Kier molecular flexibility index (Phi) is 7.20. The van der Waals surface area contributed by atoms with Crippen LogP contribution in [0.5, 0.6) is 0 Å². The van der Waals surface area contributed by atoms with Gasteiger partial charge in [-0.2, -0.15) is 0 Å². The molecule has 0 spiro atoms. The largest absolute Gasteiger partial charge is 0.380 e. The van der Waals surface area contributed by atoms with Crippen LogP contribution >= 0.6 is 0 Å². The minimum atomic E-state index is 0.210. The molecule has 3 nitrogen and oxygen atoms in total. The average molecular weight is 256 g/mol. The van der Waals surface area contributed by atoms with Crippen molar-refractivity contribution in [3.63, 3.8) is 0 Å². The lowest BCUT2D eigenvalue weighted by Gasteiger charge is -2.31. The molecule has 0 aliphatic heterocycles. The van der Waals surface area contributed by atoms with Gasteiger partial charge >= 0.3 is 0 Å².